The molecule has 0 saturated carbocycles. The number of fused-ring (bicyclic) bond motifs is 1. The molecule has 1 fully saturated rings. The summed E-state index contributed by atoms with van der Waals surface area (Å²) in [4.78, 5) is 30.2. The summed E-state index contributed by atoms with van der Waals surface area (Å²) in [6, 6.07) is 17.9. The van der Waals surface area contributed by atoms with Gasteiger partial charge in [0.25, 0.3) is 0 Å². The highest BCUT2D eigenvalue weighted by atomic mass is 16.2. The van der Waals surface area contributed by atoms with Crippen LogP contribution in [-0.2, 0) is 21.4 Å². The molecule has 4 rings (SSSR count). The van der Waals surface area contributed by atoms with Crippen molar-refractivity contribution in [2.75, 3.05) is 38.1 Å². The van der Waals surface area contributed by atoms with Gasteiger partial charge in [0.2, 0.25) is 11.8 Å². The van der Waals surface area contributed by atoms with Crippen molar-refractivity contribution in [2.24, 2.45) is 0 Å². The highest BCUT2D eigenvalue weighted by Crippen LogP contribution is 2.45. The molecule has 2 amide bonds. The van der Waals surface area contributed by atoms with Crippen molar-refractivity contribution in [1.29, 1.82) is 0 Å². The van der Waals surface area contributed by atoms with Crippen LogP contribution < -0.4 is 10.2 Å². The summed E-state index contributed by atoms with van der Waals surface area (Å²) < 4.78 is 0. The molecule has 5 nitrogen and oxygen atoms in total. The van der Waals surface area contributed by atoms with E-state index in [1.807, 2.05) is 66.5 Å². The van der Waals surface area contributed by atoms with E-state index in [0.717, 1.165) is 29.9 Å². The molecular formula is C22H25N3O2. The molecule has 1 unspecified atom stereocenters. The van der Waals surface area contributed by atoms with E-state index in [9.17, 15) is 9.59 Å². The molecule has 2 heterocycles. The maximum absolute atomic E-state index is 13.4. The Kier molecular flexibility index (Phi) is 4.70. The maximum Gasteiger partial charge on any atom is 0.238 e. The normalized spacial score (nSPS) is 22.0. The first kappa shape index (κ1) is 17.7. The molecule has 2 aromatic rings. The average Bonchev–Trinajstić information content (AvgIpc) is 2.92. The first-order valence-electron chi connectivity index (χ1n) is 9.52. The highest BCUT2D eigenvalue weighted by molar-refractivity contribution is 6.09. The lowest BCUT2D eigenvalue weighted by Crippen LogP contribution is -2.50. The smallest absolute Gasteiger partial charge is 0.238 e. The molecule has 27 heavy (non-hydrogen) atoms. The standard InChI is InChI=1S/C22H25N3O2/c1-24-19-10-6-5-9-18(19)22(21(24)27,15-17-7-3-2-4-8-17)16-20(26)25-13-11-23-12-14-25/h2-10,23H,11-16H2,1H3. The van der Waals surface area contributed by atoms with E-state index in [2.05, 4.69) is 5.32 Å². The maximum atomic E-state index is 13.4. The number of carbonyl (C=O) groups is 2. The van der Waals surface area contributed by atoms with Crippen molar-refractivity contribution in [3.05, 3.63) is 65.7 Å². The first-order valence-corrected chi connectivity index (χ1v) is 9.52. The Morgan fingerprint density at radius 2 is 1.70 bits per heavy atom. The van der Waals surface area contributed by atoms with E-state index in [0.29, 0.717) is 19.5 Å². The molecule has 0 aromatic heterocycles. The zero-order valence-corrected chi connectivity index (χ0v) is 15.6. The number of amides is 2. The average molecular weight is 363 g/mol. The summed E-state index contributed by atoms with van der Waals surface area (Å²) in [5, 5.41) is 3.27. The molecule has 1 N–H and O–H groups in total. The predicted octanol–water partition coefficient (Wildman–Crippen LogP) is 1.97. The number of hydrogen-bond acceptors (Lipinski definition) is 3. The van der Waals surface area contributed by atoms with Crippen LogP contribution in [0.25, 0.3) is 0 Å². The number of nitrogens with one attached hydrogen (secondary N) is 1. The van der Waals surface area contributed by atoms with Gasteiger partial charge in [-0.3, -0.25) is 9.59 Å². The molecule has 0 radical (unpaired) electrons. The van der Waals surface area contributed by atoms with Crippen LogP contribution in [0.3, 0.4) is 0 Å². The summed E-state index contributed by atoms with van der Waals surface area (Å²) >= 11 is 0. The lowest BCUT2D eigenvalue weighted by molar-refractivity contribution is -0.136. The fraction of sp³-hybridized carbons (Fsp3) is 0.364. The Morgan fingerprint density at radius 1 is 1.04 bits per heavy atom. The van der Waals surface area contributed by atoms with Crippen LogP contribution in [0.2, 0.25) is 0 Å². The Hall–Kier alpha value is -2.66. The Morgan fingerprint density at radius 3 is 2.44 bits per heavy atom. The van der Waals surface area contributed by atoms with Gasteiger partial charge in [-0.25, -0.2) is 0 Å². The van der Waals surface area contributed by atoms with Gasteiger partial charge in [-0.2, -0.15) is 0 Å². The van der Waals surface area contributed by atoms with Gasteiger partial charge in [-0.15, -0.1) is 0 Å². The van der Waals surface area contributed by atoms with E-state index < -0.39 is 5.41 Å². The van der Waals surface area contributed by atoms with Crippen LogP contribution in [0.15, 0.2) is 54.6 Å². The minimum Gasteiger partial charge on any atom is -0.340 e. The van der Waals surface area contributed by atoms with Crippen molar-refractivity contribution >= 4 is 17.5 Å². The molecular weight excluding hydrogens is 338 g/mol. The van der Waals surface area contributed by atoms with Gasteiger partial charge in [0, 0.05) is 45.3 Å². The van der Waals surface area contributed by atoms with E-state index in [-0.39, 0.29) is 18.2 Å². The van der Waals surface area contributed by atoms with Crippen molar-refractivity contribution in [2.45, 2.75) is 18.3 Å². The number of rotatable bonds is 4. The van der Waals surface area contributed by atoms with Crippen LogP contribution in [0.4, 0.5) is 5.69 Å². The second-order valence-corrected chi connectivity index (χ2v) is 7.43. The third kappa shape index (κ3) is 3.12. The molecule has 140 valence electrons. The second kappa shape index (κ2) is 7.16. The van der Waals surface area contributed by atoms with Gasteiger partial charge in [0.1, 0.15) is 0 Å². The number of hydrogen-bond donors (Lipinski definition) is 1. The van der Waals surface area contributed by atoms with Gasteiger partial charge in [0.05, 0.1) is 5.41 Å². The zero-order chi connectivity index (χ0) is 18.9. The van der Waals surface area contributed by atoms with Crippen LogP contribution in [0.5, 0.6) is 0 Å². The molecule has 1 saturated heterocycles. The Balaban J connectivity index is 1.74. The van der Waals surface area contributed by atoms with Gasteiger partial charge in [-0.1, -0.05) is 48.5 Å². The highest BCUT2D eigenvalue weighted by Gasteiger charge is 2.51. The number of para-hydroxylation sites is 1. The Labute approximate surface area is 160 Å². The molecule has 5 heteroatoms. The number of benzene rings is 2. The summed E-state index contributed by atoms with van der Waals surface area (Å²) in [6.45, 7) is 3.02. The zero-order valence-electron chi connectivity index (χ0n) is 15.6. The second-order valence-electron chi connectivity index (χ2n) is 7.43. The van der Waals surface area contributed by atoms with Crippen molar-refractivity contribution in [3.8, 4) is 0 Å². The van der Waals surface area contributed by atoms with E-state index >= 15 is 0 Å². The molecule has 2 aliphatic heterocycles. The largest absolute Gasteiger partial charge is 0.340 e. The third-order valence-corrected chi connectivity index (χ3v) is 5.77. The van der Waals surface area contributed by atoms with Gasteiger partial charge < -0.3 is 15.1 Å². The Bertz CT molecular complexity index is 846. The lowest BCUT2D eigenvalue weighted by atomic mass is 9.73. The van der Waals surface area contributed by atoms with E-state index in [4.69, 9.17) is 0 Å². The minimum atomic E-state index is -0.839. The van der Waals surface area contributed by atoms with Gasteiger partial charge >= 0.3 is 0 Å². The molecule has 1 atom stereocenters. The van der Waals surface area contributed by atoms with Gasteiger partial charge in [0.15, 0.2) is 0 Å². The van der Waals surface area contributed by atoms with Crippen LogP contribution in [0, 0.1) is 0 Å². The summed E-state index contributed by atoms with van der Waals surface area (Å²) in [6.07, 6.45) is 0.744. The first-order chi connectivity index (χ1) is 13.1. The van der Waals surface area contributed by atoms with Crippen LogP contribution in [-0.4, -0.2) is 49.9 Å². The number of nitrogens with zero attached hydrogens (tertiary/aromatic N) is 2. The monoisotopic (exact) mass is 363 g/mol. The fourth-order valence-corrected chi connectivity index (χ4v) is 4.35. The fourth-order valence-electron chi connectivity index (χ4n) is 4.35. The predicted molar refractivity (Wildman–Crippen MR) is 106 cm³/mol. The SMILES string of the molecule is CN1C(=O)C(CC(=O)N2CCNCC2)(Cc2ccccc2)c2ccccc21. The third-order valence-electron chi connectivity index (χ3n) is 5.77. The number of likely N-dealkylation sites (N-methyl/N-ethyl adjacent to an activating group) is 1. The quantitative estimate of drug-likeness (QED) is 0.904. The molecule has 2 aromatic carbocycles. The van der Waals surface area contributed by atoms with E-state index in [1.165, 1.54) is 0 Å². The number of anilines is 1. The summed E-state index contributed by atoms with van der Waals surface area (Å²) in [7, 11) is 1.81. The van der Waals surface area contributed by atoms with E-state index in [1.54, 1.807) is 4.90 Å². The van der Waals surface area contributed by atoms with Gasteiger partial charge in [-0.05, 0) is 23.6 Å². The van der Waals surface area contributed by atoms with Crippen LogP contribution >= 0.6 is 0 Å². The van der Waals surface area contributed by atoms with Crippen LogP contribution in [0.1, 0.15) is 17.5 Å². The summed E-state index contributed by atoms with van der Waals surface area (Å²) in [5.74, 6) is 0.0712. The molecule has 0 aliphatic carbocycles. The minimum absolute atomic E-state index is 0.0102. The molecule has 0 spiro atoms. The van der Waals surface area contributed by atoms with Crippen molar-refractivity contribution in [1.82, 2.24) is 10.2 Å². The van der Waals surface area contributed by atoms with Crippen molar-refractivity contribution in [3.63, 3.8) is 0 Å². The summed E-state index contributed by atoms with van der Waals surface area (Å²) in [5.41, 5.74) is 2.11. The molecule has 0 bridgehead atoms. The molecule has 2 aliphatic rings. The topological polar surface area (TPSA) is 52.7 Å². The number of carbonyl (C=O) groups excluding carboxylic acids is 2. The number of piperazine rings is 1. The van der Waals surface area contributed by atoms with Crippen molar-refractivity contribution < 1.29 is 9.59 Å². The lowest BCUT2D eigenvalue weighted by Gasteiger charge is -2.33.